The van der Waals surface area contributed by atoms with Crippen LogP contribution in [0.1, 0.15) is 11.1 Å². The lowest BCUT2D eigenvalue weighted by molar-refractivity contribution is 0.889. The number of aryl methyl sites for hydroxylation is 1. The molecule has 2 aromatic rings. The Balaban J connectivity index is 2.80. The number of halogens is 2. The van der Waals surface area contributed by atoms with Gasteiger partial charge in [-0.25, -0.2) is 4.79 Å². The highest BCUT2D eigenvalue weighted by Gasteiger charge is 2.11. The Hall–Kier alpha value is -2.03. The molecule has 0 radical (unpaired) electrons. The molecule has 5 nitrogen and oxygen atoms in total. The summed E-state index contributed by atoms with van der Waals surface area (Å²) < 4.78 is 1.08. The number of nitrogens with one attached hydrogen (secondary N) is 1. The number of rotatable bonds is 1. The molecule has 1 N–H and O–H groups in total. The second-order valence-corrected chi connectivity index (χ2v) is 4.65. The molecular formula is C12H7Cl2N3O2. The summed E-state index contributed by atoms with van der Waals surface area (Å²) in [5.41, 5.74) is -0.556. The molecule has 2 rings (SSSR count). The quantitative estimate of drug-likeness (QED) is 0.874. The van der Waals surface area contributed by atoms with Crippen molar-refractivity contribution in [2.45, 2.75) is 6.92 Å². The third-order valence-electron chi connectivity index (χ3n) is 2.55. The van der Waals surface area contributed by atoms with E-state index in [-0.39, 0.29) is 5.56 Å². The van der Waals surface area contributed by atoms with Crippen LogP contribution >= 0.6 is 23.2 Å². The normalized spacial score (nSPS) is 10.2. The number of H-pyrrole nitrogens is 1. The van der Waals surface area contributed by atoms with Gasteiger partial charge in [-0.3, -0.25) is 14.3 Å². The van der Waals surface area contributed by atoms with Crippen LogP contribution < -0.4 is 11.2 Å². The first-order valence-corrected chi connectivity index (χ1v) is 5.91. The lowest BCUT2D eigenvalue weighted by Gasteiger charge is -2.09. The zero-order chi connectivity index (χ0) is 14.2. The summed E-state index contributed by atoms with van der Waals surface area (Å²) in [7, 11) is 0. The van der Waals surface area contributed by atoms with Crippen molar-refractivity contribution in [1.29, 1.82) is 5.26 Å². The summed E-state index contributed by atoms with van der Waals surface area (Å²) in [6.07, 6.45) is 1.13. The summed E-state index contributed by atoms with van der Waals surface area (Å²) in [4.78, 5) is 25.1. The van der Waals surface area contributed by atoms with Crippen LogP contribution in [0.15, 0.2) is 27.9 Å². The molecule has 96 valence electrons. The molecule has 0 aliphatic carbocycles. The molecule has 1 aromatic heterocycles. The van der Waals surface area contributed by atoms with Gasteiger partial charge in [-0.05, 0) is 24.6 Å². The van der Waals surface area contributed by atoms with Gasteiger partial charge in [0.15, 0.2) is 0 Å². The fourth-order valence-electron chi connectivity index (χ4n) is 1.55. The SMILES string of the molecule is Cc1cc(Cl)c(-n2cc(C#N)c(=O)[nH]c2=O)cc1Cl. The maximum atomic E-state index is 11.8. The number of hydrogen-bond acceptors (Lipinski definition) is 3. The van der Waals surface area contributed by atoms with E-state index in [1.54, 1.807) is 19.1 Å². The lowest BCUT2D eigenvalue weighted by Crippen LogP contribution is -2.30. The highest BCUT2D eigenvalue weighted by atomic mass is 35.5. The van der Waals surface area contributed by atoms with E-state index in [1.807, 2.05) is 4.98 Å². The van der Waals surface area contributed by atoms with Gasteiger partial charge in [-0.15, -0.1) is 0 Å². The number of benzene rings is 1. The Morgan fingerprint density at radius 2 is 1.95 bits per heavy atom. The van der Waals surface area contributed by atoms with Crippen LogP contribution in [0.3, 0.4) is 0 Å². The molecule has 0 saturated heterocycles. The number of aromatic nitrogens is 2. The van der Waals surface area contributed by atoms with Gasteiger partial charge in [0, 0.05) is 11.2 Å². The molecule has 0 atom stereocenters. The van der Waals surface area contributed by atoms with Crippen LogP contribution in [0, 0.1) is 18.3 Å². The molecular weight excluding hydrogens is 289 g/mol. The van der Waals surface area contributed by atoms with Crippen molar-refractivity contribution in [2.75, 3.05) is 0 Å². The predicted molar refractivity (Wildman–Crippen MR) is 72.1 cm³/mol. The average Bonchev–Trinajstić information content (AvgIpc) is 2.35. The van der Waals surface area contributed by atoms with E-state index < -0.39 is 11.2 Å². The first kappa shape index (κ1) is 13.4. The smallest absolute Gasteiger partial charge is 0.273 e. The van der Waals surface area contributed by atoms with Gasteiger partial charge in [-0.1, -0.05) is 23.2 Å². The molecule has 0 aliphatic heterocycles. The first-order valence-electron chi connectivity index (χ1n) is 5.16. The van der Waals surface area contributed by atoms with Crippen molar-refractivity contribution in [2.24, 2.45) is 0 Å². The van der Waals surface area contributed by atoms with Gasteiger partial charge in [-0.2, -0.15) is 5.26 Å². The zero-order valence-electron chi connectivity index (χ0n) is 9.70. The molecule has 0 bridgehead atoms. The van der Waals surface area contributed by atoms with Crippen LogP contribution in [-0.4, -0.2) is 9.55 Å². The standard InChI is InChI=1S/C12H7Cl2N3O2/c1-6-2-9(14)10(3-8(6)13)17-5-7(4-15)11(18)16-12(17)19/h2-3,5H,1H3,(H,16,18,19). The Kier molecular flexibility index (Phi) is 3.47. The number of nitriles is 1. The third kappa shape index (κ3) is 2.41. The van der Waals surface area contributed by atoms with E-state index in [0.717, 1.165) is 16.3 Å². The number of nitrogens with zero attached hydrogens (tertiary/aromatic N) is 2. The molecule has 1 heterocycles. The van der Waals surface area contributed by atoms with Crippen LogP contribution in [0.2, 0.25) is 10.0 Å². The summed E-state index contributed by atoms with van der Waals surface area (Å²) in [5, 5.41) is 9.52. The van der Waals surface area contributed by atoms with Crippen molar-refractivity contribution in [3.05, 3.63) is 60.3 Å². The Morgan fingerprint density at radius 3 is 2.58 bits per heavy atom. The van der Waals surface area contributed by atoms with Crippen LogP contribution in [-0.2, 0) is 0 Å². The van der Waals surface area contributed by atoms with Crippen molar-refractivity contribution in [1.82, 2.24) is 9.55 Å². The van der Waals surface area contributed by atoms with E-state index in [4.69, 9.17) is 28.5 Å². The van der Waals surface area contributed by atoms with Gasteiger partial charge in [0.1, 0.15) is 11.6 Å². The predicted octanol–water partition coefficient (Wildman–Crippen LogP) is 2.01. The maximum absolute atomic E-state index is 11.8. The Labute approximate surface area is 117 Å². The first-order chi connectivity index (χ1) is 8.93. The van der Waals surface area contributed by atoms with Crippen LogP contribution in [0.4, 0.5) is 0 Å². The molecule has 19 heavy (non-hydrogen) atoms. The summed E-state index contributed by atoms with van der Waals surface area (Å²) >= 11 is 12.0. The highest BCUT2D eigenvalue weighted by Crippen LogP contribution is 2.26. The van der Waals surface area contributed by atoms with Crippen molar-refractivity contribution in [3.63, 3.8) is 0 Å². The fourth-order valence-corrected chi connectivity index (χ4v) is 2.02. The maximum Gasteiger partial charge on any atom is 0.333 e. The van der Waals surface area contributed by atoms with E-state index in [0.29, 0.717) is 15.7 Å². The topological polar surface area (TPSA) is 78.7 Å². The highest BCUT2D eigenvalue weighted by molar-refractivity contribution is 6.35. The Morgan fingerprint density at radius 1 is 1.26 bits per heavy atom. The molecule has 0 saturated carbocycles. The summed E-state index contributed by atoms with van der Waals surface area (Å²) in [5.74, 6) is 0. The molecule has 0 unspecified atom stereocenters. The minimum atomic E-state index is -0.738. The molecule has 7 heteroatoms. The second kappa shape index (κ2) is 4.92. The molecule has 0 amide bonds. The van der Waals surface area contributed by atoms with Gasteiger partial charge >= 0.3 is 5.69 Å². The van der Waals surface area contributed by atoms with Crippen molar-refractivity contribution >= 4 is 23.2 Å². The number of aromatic amines is 1. The van der Waals surface area contributed by atoms with Crippen LogP contribution in [0.5, 0.6) is 0 Å². The fraction of sp³-hybridized carbons (Fsp3) is 0.0833. The van der Waals surface area contributed by atoms with E-state index in [1.165, 1.54) is 6.07 Å². The van der Waals surface area contributed by atoms with Gasteiger partial charge in [0.05, 0.1) is 10.7 Å². The minimum absolute atomic E-state index is 0.188. The van der Waals surface area contributed by atoms with E-state index in [2.05, 4.69) is 0 Å². The van der Waals surface area contributed by atoms with Crippen molar-refractivity contribution in [3.8, 4) is 11.8 Å². The average molecular weight is 296 g/mol. The zero-order valence-corrected chi connectivity index (χ0v) is 11.2. The van der Waals surface area contributed by atoms with Crippen LogP contribution in [0.25, 0.3) is 5.69 Å². The molecule has 1 aromatic carbocycles. The second-order valence-electron chi connectivity index (χ2n) is 3.84. The molecule has 0 aliphatic rings. The van der Waals surface area contributed by atoms with E-state index in [9.17, 15) is 9.59 Å². The summed E-state index contributed by atoms with van der Waals surface area (Å²) in [6.45, 7) is 1.77. The van der Waals surface area contributed by atoms with E-state index >= 15 is 0 Å². The molecule has 0 fully saturated rings. The van der Waals surface area contributed by atoms with Gasteiger partial charge in [0.2, 0.25) is 0 Å². The summed E-state index contributed by atoms with van der Waals surface area (Å²) in [6, 6.07) is 4.80. The molecule has 0 spiro atoms. The number of hydrogen-bond donors (Lipinski definition) is 1. The monoisotopic (exact) mass is 295 g/mol. The minimum Gasteiger partial charge on any atom is -0.273 e. The van der Waals surface area contributed by atoms with Gasteiger partial charge < -0.3 is 0 Å². The lowest BCUT2D eigenvalue weighted by atomic mass is 10.2. The third-order valence-corrected chi connectivity index (χ3v) is 3.26. The Bertz CT molecular complexity index is 815. The largest absolute Gasteiger partial charge is 0.333 e. The van der Waals surface area contributed by atoms with Crippen molar-refractivity contribution < 1.29 is 0 Å². The van der Waals surface area contributed by atoms with Gasteiger partial charge in [0.25, 0.3) is 5.56 Å².